The van der Waals surface area contributed by atoms with Crippen LogP contribution < -0.4 is 0 Å². The summed E-state index contributed by atoms with van der Waals surface area (Å²) in [5.74, 6) is 1.16. The summed E-state index contributed by atoms with van der Waals surface area (Å²) in [6.07, 6.45) is 4.55. The lowest BCUT2D eigenvalue weighted by Gasteiger charge is -2.45. The van der Waals surface area contributed by atoms with Gasteiger partial charge in [-0.3, -0.25) is 0 Å². The second-order valence-electron chi connectivity index (χ2n) is 5.99. The van der Waals surface area contributed by atoms with Crippen LogP contribution in [0.1, 0.15) is 39.5 Å². The number of rotatable bonds is 0. The number of ether oxygens (including phenoxy) is 1. The van der Waals surface area contributed by atoms with Gasteiger partial charge in [-0.05, 0) is 31.1 Å². The summed E-state index contributed by atoms with van der Waals surface area (Å²) >= 11 is 0. The molecular formula is C13H18O2. The van der Waals surface area contributed by atoms with Crippen molar-refractivity contribution < 1.29 is 9.53 Å². The molecule has 2 bridgehead atoms. The summed E-state index contributed by atoms with van der Waals surface area (Å²) < 4.78 is 5.73. The molecule has 2 nitrogen and oxygen atoms in total. The van der Waals surface area contributed by atoms with E-state index in [0.717, 1.165) is 12.3 Å². The maximum atomic E-state index is 11.6. The summed E-state index contributed by atoms with van der Waals surface area (Å²) in [6, 6.07) is 0. The molecule has 3 aliphatic rings. The molecule has 0 radical (unpaired) electrons. The van der Waals surface area contributed by atoms with Crippen molar-refractivity contribution >= 4 is 5.97 Å². The minimum atomic E-state index is -0.204. The number of hydrogen-bond donors (Lipinski definition) is 0. The summed E-state index contributed by atoms with van der Waals surface area (Å²) in [6.45, 7) is 8.36. The molecule has 1 saturated heterocycles. The molecule has 0 aromatic heterocycles. The van der Waals surface area contributed by atoms with Crippen molar-refractivity contribution in [3.8, 4) is 0 Å². The minimum absolute atomic E-state index is 0.144. The number of fused-ring (bicyclic) bond motifs is 3. The largest absolute Gasteiger partial charge is 0.454 e. The van der Waals surface area contributed by atoms with Crippen LogP contribution >= 0.6 is 0 Å². The van der Waals surface area contributed by atoms with Gasteiger partial charge >= 0.3 is 5.97 Å². The van der Waals surface area contributed by atoms with Crippen LogP contribution in [0.25, 0.3) is 0 Å². The maximum absolute atomic E-state index is 11.6. The van der Waals surface area contributed by atoms with Crippen LogP contribution in [-0.4, -0.2) is 11.6 Å². The van der Waals surface area contributed by atoms with Gasteiger partial charge in [0.15, 0.2) is 0 Å². The Morgan fingerprint density at radius 2 is 2.00 bits per heavy atom. The predicted octanol–water partition coefficient (Wildman–Crippen LogP) is 2.68. The second-order valence-corrected chi connectivity index (χ2v) is 5.99. The fourth-order valence-corrected chi connectivity index (χ4v) is 4.18. The Hall–Kier alpha value is -0.790. The third kappa shape index (κ3) is 0.889. The quantitative estimate of drug-likeness (QED) is 0.450. The molecule has 0 aromatic carbocycles. The van der Waals surface area contributed by atoms with Gasteiger partial charge in [0.05, 0.1) is 0 Å². The Morgan fingerprint density at radius 1 is 1.33 bits per heavy atom. The first-order valence-corrected chi connectivity index (χ1v) is 5.88. The predicted molar refractivity (Wildman–Crippen MR) is 57.2 cm³/mol. The van der Waals surface area contributed by atoms with E-state index in [1.54, 1.807) is 0 Å². The van der Waals surface area contributed by atoms with Crippen LogP contribution in [0.3, 0.4) is 0 Å². The first-order chi connectivity index (χ1) is 6.97. The smallest absolute Gasteiger partial charge is 0.334 e. The summed E-state index contributed by atoms with van der Waals surface area (Å²) in [5.41, 5.74) is 0.616. The summed E-state index contributed by atoms with van der Waals surface area (Å²) in [7, 11) is 0. The lowest BCUT2D eigenvalue weighted by Crippen LogP contribution is -2.49. The zero-order chi connectivity index (χ0) is 10.8. The average Bonchev–Trinajstić information content (AvgIpc) is 2.75. The van der Waals surface area contributed by atoms with Crippen molar-refractivity contribution in [3.63, 3.8) is 0 Å². The molecular weight excluding hydrogens is 188 g/mol. The first kappa shape index (κ1) is 9.44. The zero-order valence-electron chi connectivity index (χ0n) is 9.51. The number of hydrogen-bond acceptors (Lipinski definition) is 2. The highest BCUT2D eigenvalue weighted by molar-refractivity contribution is 5.90. The van der Waals surface area contributed by atoms with Crippen molar-refractivity contribution in [1.82, 2.24) is 0 Å². The fourth-order valence-electron chi connectivity index (χ4n) is 4.18. The van der Waals surface area contributed by atoms with E-state index < -0.39 is 0 Å². The molecule has 2 heteroatoms. The van der Waals surface area contributed by atoms with E-state index in [1.165, 1.54) is 19.3 Å². The van der Waals surface area contributed by atoms with Gasteiger partial charge in [-0.15, -0.1) is 0 Å². The van der Waals surface area contributed by atoms with Crippen molar-refractivity contribution in [2.24, 2.45) is 17.3 Å². The van der Waals surface area contributed by atoms with E-state index >= 15 is 0 Å². The topological polar surface area (TPSA) is 26.3 Å². The minimum Gasteiger partial charge on any atom is -0.454 e. The van der Waals surface area contributed by atoms with E-state index in [4.69, 9.17) is 4.74 Å². The fraction of sp³-hybridized carbons (Fsp3) is 0.769. The van der Waals surface area contributed by atoms with Gasteiger partial charge in [0.25, 0.3) is 0 Å². The monoisotopic (exact) mass is 206 g/mol. The molecule has 1 heterocycles. The lowest BCUT2D eigenvalue weighted by atomic mass is 9.64. The number of carbonyl (C=O) groups excluding carboxylic acids is 1. The molecule has 82 valence electrons. The Bertz CT molecular complexity index is 338. The lowest BCUT2D eigenvalue weighted by molar-refractivity contribution is -0.166. The van der Waals surface area contributed by atoms with Crippen molar-refractivity contribution in [2.45, 2.75) is 45.1 Å². The van der Waals surface area contributed by atoms with E-state index in [-0.39, 0.29) is 17.0 Å². The van der Waals surface area contributed by atoms with Crippen molar-refractivity contribution in [1.29, 1.82) is 0 Å². The molecule has 2 saturated carbocycles. The van der Waals surface area contributed by atoms with Crippen LogP contribution in [0.4, 0.5) is 0 Å². The highest BCUT2D eigenvalue weighted by Gasteiger charge is 2.67. The molecule has 15 heavy (non-hydrogen) atoms. The molecule has 0 N–H and O–H groups in total. The molecule has 0 unspecified atom stereocenters. The molecule has 3 fully saturated rings. The third-order valence-electron chi connectivity index (χ3n) is 5.24. The summed E-state index contributed by atoms with van der Waals surface area (Å²) in [4.78, 5) is 11.6. The van der Waals surface area contributed by atoms with Gasteiger partial charge in [0, 0.05) is 17.4 Å². The van der Waals surface area contributed by atoms with Gasteiger partial charge < -0.3 is 4.74 Å². The Morgan fingerprint density at radius 3 is 2.47 bits per heavy atom. The van der Waals surface area contributed by atoms with E-state index in [1.807, 2.05) is 0 Å². The van der Waals surface area contributed by atoms with Crippen LogP contribution in [0.5, 0.6) is 0 Å². The first-order valence-electron chi connectivity index (χ1n) is 5.88. The molecule has 3 rings (SSSR count). The van der Waals surface area contributed by atoms with Crippen LogP contribution in [0.2, 0.25) is 0 Å². The molecule has 0 aromatic rings. The molecule has 3 atom stereocenters. The zero-order valence-corrected chi connectivity index (χ0v) is 9.51. The van der Waals surface area contributed by atoms with Gasteiger partial charge in [-0.2, -0.15) is 0 Å². The Balaban J connectivity index is 2.05. The van der Waals surface area contributed by atoms with E-state index in [2.05, 4.69) is 20.4 Å². The van der Waals surface area contributed by atoms with E-state index in [9.17, 15) is 4.79 Å². The SMILES string of the molecule is C=C1C[C@]2(OC1=O)[C@@H]1CC[C@@H](C1)C2(C)C. The van der Waals surface area contributed by atoms with Gasteiger partial charge in [0.2, 0.25) is 0 Å². The van der Waals surface area contributed by atoms with E-state index in [0.29, 0.717) is 11.5 Å². The second kappa shape index (κ2) is 2.47. The average molecular weight is 206 g/mol. The van der Waals surface area contributed by atoms with Gasteiger partial charge in [0.1, 0.15) is 5.60 Å². The summed E-state index contributed by atoms with van der Waals surface area (Å²) in [5, 5.41) is 0. The standard InChI is InChI=1S/C13H18O2/c1-8-7-13(15-11(8)14)10-5-4-9(6-10)12(13,2)3/h9-10H,1,4-7H2,2-3H3/t9-,10+,13-/m0/s1. The maximum Gasteiger partial charge on any atom is 0.334 e. The normalized spacial score (nSPS) is 46.5. The van der Waals surface area contributed by atoms with Gasteiger partial charge in [-0.1, -0.05) is 20.4 Å². The van der Waals surface area contributed by atoms with Crippen LogP contribution in [0, 0.1) is 17.3 Å². The molecule has 2 aliphatic carbocycles. The molecule has 1 spiro atoms. The van der Waals surface area contributed by atoms with Crippen molar-refractivity contribution in [3.05, 3.63) is 12.2 Å². The molecule has 0 amide bonds. The highest BCUT2D eigenvalue weighted by Crippen LogP contribution is 2.66. The van der Waals surface area contributed by atoms with Gasteiger partial charge in [-0.25, -0.2) is 4.79 Å². The number of esters is 1. The Labute approximate surface area is 90.7 Å². The number of carbonyl (C=O) groups is 1. The Kier molecular flexibility index (Phi) is 1.56. The van der Waals surface area contributed by atoms with Crippen LogP contribution in [-0.2, 0) is 9.53 Å². The van der Waals surface area contributed by atoms with Crippen LogP contribution in [0.15, 0.2) is 12.2 Å². The van der Waals surface area contributed by atoms with Crippen molar-refractivity contribution in [2.75, 3.05) is 0 Å². The molecule has 1 aliphatic heterocycles. The highest BCUT2D eigenvalue weighted by atomic mass is 16.6. The third-order valence-corrected chi connectivity index (χ3v) is 5.24.